The fourth-order valence-corrected chi connectivity index (χ4v) is 5.98. The van der Waals surface area contributed by atoms with Crippen molar-refractivity contribution in [1.29, 1.82) is 0 Å². The fourth-order valence-electron chi connectivity index (χ4n) is 5.98. The van der Waals surface area contributed by atoms with Crippen LogP contribution < -0.4 is 0 Å². The Bertz CT molecular complexity index is 1690. The van der Waals surface area contributed by atoms with Gasteiger partial charge in [-0.3, -0.25) is 0 Å². The van der Waals surface area contributed by atoms with Gasteiger partial charge in [-0.2, -0.15) is 0 Å². The number of hydrogen-bond acceptors (Lipinski definition) is 6. The highest BCUT2D eigenvalue weighted by Gasteiger charge is 2.16. The highest BCUT2D eigenvalue weighted by atomic mass is 16.3. The van der Waals surface area contributed by atoms with Crippen molar-refractivity contribution in [2.45, 2.75) is 32.1 Å². The zero-order valence-corrected chi connectivity index (χ0v) is 25.8. The van der Waals surface area contributed by atoms with Gasteiger partial charge >= 0.3 is 0 Å². The third-order valence-electron chi connectivity index (χ3n) is 8.39. The maximum atomic E-state index is 11.4. The van der Waals surface area contributed by atoms with Gasteiger partial charge in [0.05, 0.1) is 0 Å². The van der Waals surface area contributed by atoms with Crippen LogP contribution in [0.1, 0.15) is 55.6 Å². The normalized spacial score (nSPS) is 11.1. The van der Waals surface area contributed by atoms with Gasteiger partial charge in [0, 0.05) is 25.7 Å². The molecule has 0 radical (unpaired) electrons. The number of phenolic OH excluding ortho intramolecular Hbond substituents is 6. The predicted molar refractivity (Wildman–Crippen MR) is 183 cm³/mol. The van der Waals surface area contributed by atoms with Gasteiger partial charge in [0.25, 0.3) is 0 Å². The van der Waals surface area contributed by atoms with Crippen LogP contribution in [0.2, 0.25) is 0 Å². The largest absolute Gasteiger partial charge is 0.508 e. The molecule has 0 aliphatic rings. The number of hydrogen-bond donors (Lipinski definition) is 6. The lowest BCUT2D eigenvalue weighted by molar-refractivity contribution is 0.463. The van der Waals surface area contributed by atoms with E-state index in [9.17, 15) is 30.6 Å². The van der Waals surface area contributed by atoms with Crippen molar-refractivity contribution < 1.29 is 30.6 Å². The molecule has 0 saturated carbocycles. The van der Waals surface area contributed by atoms with Crippen LogP contribution in [0.4, 0.5) is 0 Å². The van der Waals surface area contributed by atoms with Gasteiger partial charge in [-0.25, -0.2) is 0 Å². The first-order valence-corrected chi connectivity index (χ1v) is 15.5. The minimum absolute atomic E-state index is 0.179. The molecular weight excluding hydrogens is 588 g/mol. The number of aromatic hydroxyl groups is 6. The van der Waals surface area contributed by atoms with Gasteiger partial charge in [0.1, 0.15) is 34.5 Å². The van der Waals surface area contributed by atoms with Gasteiger partial charge in [0.15, 0.2) is 0 Å². The molecule has 236 valence electrons. The summed E-state index contributed by atoms with van der Waals surface area (Å²) in [5, 5.41) is 62.0. The summed E-state index contributed by atoms with van der Waals surface area (Å²) in [5.74, 6) is 1.14. The maximum Gasteiger partial charge on any atom is 0.122 e. The molecule has 6 aromatic carbocycles. The molecule has 0 atom stereocenters. The Morgan fingerprint density at radius 2 is 0.468 bits per heavy atom. The summed E-state index contributed by atoms with van der Waals surface area (Å²) in [6.45, 7) is 0. The third-order valence-corrected chi connectivity index (χ3v) is 8.39. The molecule has 0 fully saturated rings. The molecule has 6 heteroatoms. The van der Waals surface area contributed by atoms with Crippen molar-refractivity contribution >= 4 is 0 Å². The Morgan fingerprint density at radius 3 is 0.681 bits per heavy atom. The first kappa shape index (κ1) is 31.1. The Hall–Kier alpha value is -5.88. The minimum atomic E-state index is 0.179. The minimum Gasteiger partial charge on any atom is -0.508 e. The fraction of sp³-hybridized carbons (Fsp3) is 0.122. The van der Waals surface area contributed by atoms with Crippen LogP contribution in [-0.2, 0) is 32.1 Å². The number of rotatable bonds is 10. The van der Waals surface area contributed by atoms with Crippen molar-refractivity contribution in [3.8, 4) is 34.5 Å². The van der Waals surface area contributed by atoms with Crippen LogP contribution in [0.15, 0.2) is 121 Å². The van der Waals surface area contributed by atoms with Crippen LogP contribution in [0.3, 0.4) is 0 Å². The Labute approximate surface area is 273 Å². The van der Waals surface area contributed by atoms with Crippen molar-refractivity contribution in [2.75, 3.05) is 0 Å². The first-order chi connectivity index (χ1) is 22.7. The number of benzene rings is 6. The quantitative estimate of drug-likeness (QED) is 0.0923. The second-order valence-electron chi connectivity index (χ2n) is 12.1. The molecular formula is C41H36O6. The van der Waals surface area contributed by atoms with Crippen LogP contribution in [-0.4, -0.2) is 30.6 Å². The molecule has 0 saturated heterocycles. The van der Waals surface area contributed by atoms with E-state index in [-0.39, 0.29) is 34.5 Å². The molecule has 6 nitrogen and oxygen atoms in total. The lowest BCUT2D eigenvalue weighted by Crippen LogP contribution is -2.01. The standard InChI is InChI=1S/C41H36O6/c42-36-9-1-26(2-10-36)18-32-22-30(23-33(40(32)46)19-27-3-11-37(43)12-4-27)17-31-24-34(20-28-5-13-38(44)14-6-28)41(47)35(25-31)21-29-7-15-39(45)16-8-29/h1-16,22-25,42-47H,17-21H2. The Balaban J connectivity index is 1.39. The van der Waals surface area contributed by atoms with Crippen molar-refractivity contribution in [2.24, 2.45) is 0 Å². The molecule has 0 aliphatic carbocycles. The summed E-state index contributed by atoms with van der Waals surface area (Å²) in [7, 11) is 0. The molecule has 0 aromatic heterocycles. The molecule has 0 heterocycles. The number of phenols is 6. The average Bonchev–Trinajstić information content (AvgIpc) is 3.06. The van der Waals surface area contributed by atoms with Gasteiger partial charge in [-0.15, -0.1) is 0 Å². The van der Waals surface area contributed by atoms with Gasteiger partial charge in [-0.05, 0) is 111 Å². The highest BCUT2D eigenvalue weighted by molar-refractivity contribution is 5.52. The highest BCUT2D eigenvalue weighted by Crippen LogP contribution is 2.34. The van der Waals surface area contributed by atoms with Gasteiger partial charge in [-0.1, -0.05) is 72.8 Å². The van der Waals surface area contributed by atoms with Crippen LogP contribution >= 0.6 is 0 Å². The predicted octanol–water partition coefficient (Wildman–Crippen LogP) is 7.87. The maximum absolute atomic E-state index is 11.4. The van der Waals surface area contributed by atoms with E-state index in [1.807, 2.05) is 72.8 Å². The van der Waals surface area contributed by atoms with E-state index < -0.39 is 0 Å². The monoisotopic (exact) mass is 624 g/mol. The summed E-state index contributed by atoms with van der Waals surface area (Å²) >= 11 is 0. The van der Waals surface area contributed by atoms with Gasteiger partial charge < -0.3 is 30.6 Å². The third kappa shape index (κ3) is 7.86. The summed E-state index contributed by atoms with van der Waals surface area (Å²) in [6.07, 6.45) is 2.41. The molecule has 0 bridgehead atoms. The van der Waals surface area contributed by atoms with E-state index >= 15 is 0 Å². The van der Waals surface area contributed by atoms with E-state index in [2.05, 4.69) is 0 Å². The van der Waals surface area contributed by atoms with Crippen LogP contribution in [0.5, 0.6) is 34.5 Å². The molecule has 6 rings (SSSR count). The lowest BCUT2D eigenvalue weighted by Gasteiger charge is -2.17. The van der Waals surface area contributed by atoms with E-state index in [1.54, 1.807) is 48.5 Å². The lowest BCUT2D eigenvalue weighted by atomic mass is 9.90. The summed E-state index contributed by atoms with van der Waals surface area (Å²) in [6, 6.07) is 35.8. The zero-order chi connectivity index (χ0) is 32.9. The van der Waals surface area contributed by atoms with E-state index in [1.165, 1.54) is 0 Å². The smallest absolute Gasteiger partial charge is 0.122 e. The van der Waals surface area contributed by atoms with Crippen molar-refractivity contribution in [3.05, 3.63) is 177 Å². The zero-order valence-electron chi connectivity index (χ0n) is 25.8. The first-order valence-electron chi connectivity index (χ1n) is 15.5. The van der Waals surface area contributed by atoms with Crippen LogP contribution in [0, 0.1) is 0 Å². The summed E-state index contributed by atoms with van der Waals surface area (Å²) in [5.41, 5.74) is 8.80. The molecule has 6 aromatic rings. The van der Waals surface area contributed by atoms with E-state index in [0.717, 1.165) is 55.6 Å². The molecule has 0 amide bonds. The Morgan fingerprint density at radius 1 is 0.255 bits per heavy atom. The molecule has 0 spiro atoms. The SMILES string of the molecule is Oc1ccc(Cc2cc(Cc3cc(Cc4ccc(O)cc4)c(O)c(Cc4ccc(O)cc4)c3)cc(Cc3ccc(O)cc3)c2O)cc1. The molecule has 0 aliphatic heterocycles. The summed E-state index contributed by atoms with van der Waals surface area (Å²) < 4.78 is 0. The second kappa shape index (κ2) is 13.6. The molecule has 0 unspecified atom stereocenters. The molecule has 47 heavy (non-hydrogen) atoms. The van der Waals surface area contributed by atoms with Crippen molar-refractivity contribution in [3.63, 3.8) is 0 Å². The van der Waals surface area contributed by atoms with Crippen LogP contribution in [0.25, 0.3) is 0 Å². The second-order valence-corrected chi connectivity index (χ2v) is 12.1. The topological polar surface area (TPSA) is 121 Å². The van der Waals surface area contributed by atoms with E-state index in [4.69, 9.17) is 0 Å². The molecule has 6 N–H and O–H groups in total. The summed E-state index contributed by atoms with van der Waals surface area (Å²) in [4.78, 5) is 0. The van der Waals surface area contributed by atoms with Crippen molar-refractivity contribution in [1.82, 2.24) is 0 Å². The average molecular weight is 625 g/mol. The Kier molecular flexibility index (Phi) is 9.02. The van der Waals surface area contributed by atoms with E-state index in [0.29, 0.717) is 32.1 Å². The van der Waals surface area contributed by atoms with Gasteiger partial charge in [0.2, 0.25) is 0 Å².